The molecule has 0 radical (unpaired) electrons. The van der Waals surface area contributed by atoms with Gasteiger partial charge in [0.05, 0.1) is 12.7 Å². The van der Waals surface area contributed by atoms with E-state index in [0.717, 1.165) is 0 Å². The molecule has 1 aromatic carbocycles. The minimum atomic E-state index is -0.613. The highest BCUT2D eigenvalue weighted by Gasteiger charge is 2.12. The van der Waals surface area contributed by atoms with Gasteiger partial charge in [-0.05, 0) is 12.1 Å². The molecular formula is C13H15FN4O2. The van der Waals surface area contributed by atoms with Crippen LogP contribution in [-0.4, -0.2) is 34.3 Å². The molecule has 2 rings (SSSR count). The molecule has 1 N–H and O–H groups in total. The molecule has 1 aromatic heterocycles. The zero-order valence-corrected chi connectivity index (χ0v) is 11.3. The summed E-state index contributed by atoms with van der Waals surface area (Å²) in [5.74, 6) is -0.0846. The van der Waals surface area contributed by atoms with Crippen molar-refractivity contribution < 1.29 is 13.9 Å². The zero-order chi connectivity index (χ0) is 14.5. The van der Waals surface area contributed by atoms with E-state index in [1.54, 1.807) is 18.1 Å². The lowest BCUT2D eigenvalue weighted by molar-refractivity contribution is 0.0950. The number of methoxy groups -OCH3 is 1. The number of nitrogens with zero attached hydrogens (tertiary/aromatic N) is 3. The summed E-state index contributed by atoms with van der Waals surface area (Å²) in [5.41, 5.74) is -0.0141. The number of halogens is 1. The van der Waals surface area contributed by atoms with Gasteiger partial charge >= 0.3 is 0 Å². The second-order valence-corrected chi connectivity index (χ2v) is 4.19. The lowest BCUT2D eigenvalue weighted by Crippen LogP contribution is -2.26. The van der Waals surface area contributed by atoms with E-state index in [1.807, 2.05) is 0 Å². The molecule has 2 aromatic rings. The van der Waals surface area contributed by atoms with Crippen LogP contribution in [0.15, 0.2) is 24.5 Å². The number of carbonyl (C=O) groups excluding carboxylic acids is 1. The van der Waals surface area contributed by atoms with Crippen molar-refractivity contribution in [3.8, 4) is 5.75 Å². The Balaban J connectivity index is 1.91. The number of hydrogen-bond acceptors (Lipinski definition) is 4. The molecule has 20 heavy (non-hydrogen) atoms. The van der Waals surface area contributed by atoms with Gasteiger partial charge in [0.15, 0.2) is 5.82 Å². The number of hydrogen-bond donors (Lipinski definition) is 1. The van der Waals surface area contributed by atoms with Crippen molar-refractivity contribution in [1.82, 2.24) is 20.1 Å². The van der Waals surface area contributed by atoms with Gasteiger partial charge in [-0.2, -0.15) is 5.10 Å². The van der Waals surface area contributed by atoms with Crippen molar-refractivity contribution in [2.75, 3.05) is 13.7 Å². The zero-order valence-electron chi connectivity index (χ0n) is 11.3. The van der Waals surface area contributed by atoms with Gasteiger partial charge in [-0.1, -0.05) is 0 Å². The van der Waals surface area contributed by atoms with E-state index in [1.165, 1.54) is 25.3 Å². The fourth-order valence-corrected chi connectivity index (χ4v) is 1.69. The molecule has 6 nitrogen and oxygen atoms in total. The maximum absolute atomic E-state index is 13.7. The number of rotatable bonds is 5. The van der Waals surface area contributed by atoms with Gasteiger partial charge in [0.25, 0.3) is 5.91 Å². The van der Waals surface area contributed by atoms with Crippen LogP contribution in [0.2, 0.25) is 0 Å². The van der Waals surface area contributed by atoms with Gasteiger partial charge in [-0.3, -0.25) is 9.48 Å². The van der Waals surface area contributed by atoms with E-state index < -0.39 is 11.7 Å². The molecule has 0 fully saturated rings. The molecule has 1 amide bonds. The first kappa shape index (κ1) is 14.0. The SMILES string of the molecule is COc1ccc(C(=O)NCCc2ncn(C)n2)c(F)c1. The van der Waals surface area contributed by atoms with E-state index in [2.05, 4.69) is 15.4 Å². The topological polar surface area (TPSA) is 69.0 Å². The molecule has 106 valence electrons. The van der Waals surface area contributed by atoms with Crippen molar-refractivity contribution in [3.05, 3.63) is 41.7 Å². The Bertz CT molecular complexity index is 612. The number of aromatic nitrogens is 3. The van der Waals surface area contributed by atoms with Gasteiger partial charge in [-0.15, -0.1) is 0 Å². The molecule has 0 atom stereocenters. The molecule has 0 aliphatic carbocycles. The van der Waals surface area contributed by atoms with E-state index in [9.17, 15) is 9.18 Å². The van der Waals surface area contributed by atoms with Crippen molar-refractivity contribution in [2.24, 2.45) is 7.05 Å². The third-order valence-electron chi connectivity index (χ3n) is 2.70. The van der Waals surface area contributed by atoms with Crippen LogP contribution in [0.3, 0.4) is 0 Å². The summed E-state index contributed by atoms with van der Waals surface area (Å²) in [5, 5.41) is 6.71. The molecule has 1 heterocycles. The van der Waals surface area contributed by atoms with Crippen LogP contribution < -0.4 is 10.1 Å². The Hall–Kier alpha value is -2.44. The average Bonchev–Trinajstić information content (AvgIpc) is 2.84. The minimum Gasteiger partial charge on any atom is -0.497 e. The smallest absolute Gasteiger partial charge is 0.254 e. The maximum atomic E-state index is 13.7. The van der Waals surface area contributed by atoms with Crippen LogP contribution in [0.1, 0.15) is 16.2 Å². The first-order chi connectivity index (χ1) is 9.60. The summed E-state index contributed by atoms with van der Waals surface area (Å²) in [4.78, 5) is 15.9. The van der Waals surface area contributed by atoms with Crippen LogP contribution in [0.25, 0.3) is 0 Å². The Morgan fingerprint density at radius 3 is 2.90 bits per heavy atom. The average molecular weight is 278 g/mol. The molecular weight excluding hydrogens is 263 g/mol. The molecule has 7 heteroatoms. The van der Waals surface area contributed by atoms with Crippen LogP contribution in [-0.2, 0) is 13.5 Å². The molecule has 0 aliphatic rings. The van der Waals surface area contributed by atoms with Crippen LogP contribution >= 0.6 is 0 Å². The van der Waals surface area contributed by atoms with Crippen molar-refractivity contribution >= 4 is 5.91 Å². The van der Waals surface area contributed by atoms with Crippen LogP contribution in [0, 0.1) is 5.82 Å². The Kier molecular flexibility index (Phi) is 4.29. The maximum Gasteiger partial charge on any atom is 0.254 e. The quantitative estimate of drug-likeness (QED) is 0.883. The molecule has 0 aliphatic heterocycles. The van der Waals surface area contributed by atoms with Crippen molar-refractivity contribution in [2.45, 2.75) is 6.42 Å². The molecule has 0 saturated heterocycles. The van der Waals surface area contributed by atoms with Gasteiger partial charge in [0.1, 0.15) is 17.9 Å². The van der Waals surface area contributed by atoms with Crippen LogP contribution in [0.4, 0.5) is 4.39 Å². The minimum absolute atomic E-state index is 0.0141. The van der Waals surface area contributed by atoms with E-state index in [4.69, 9.17) is 4.74 Å². The highest BCUT2D eigenvalue weighted by Crippen LogP contribution is 2.15. The first-order valence-electron chi connectivity index (χ1n) is 6.06. The third-order valence-corrected chi connectivity index (χ3v) is 2.70. The Morgan fingerprint density at radius 1 is 1.50 bits per heavy atom. The number of amides is 1. The van der Waals surface area contributed by atoms with E-state index in [0.29, 0.717) is 24.5 Å². The van der Waals surface area contributed by atoms with Crippen LogP contribution in [0.5, 0.6) is 5.75 Å². The fraction of sp³-hybridized carbons (Fsp3) is 0.308. The van der Waals surface area contributed by atoms with Gasteiger partial charge in [0, 0.05) is 26.1 Å². The summed E-state index contributed by atoms with van der Waals surface area (Å²) in [6.07, 6.45) is 2.07. The number of benzene rings is 1. The first-order valence-corrected chi connectivity index (χ1v) is 6.06. The predicted molar refractivity (Wildman–Crippen MR) is 70.0 cm³/mol. The third kappa shape index (κ3) is 3.31. The molecule has 0 unspecified atom stereocenters. The standard InChI is InChI=1S/C13H15FN4O2/c1-18-8-16-12(17-18)5-6-15-13(19)10-4-3-9(20-2)7-11(10)14/h3-4,7-8H,5-6H2,1-2H3,(H,15,19). The summed E-state index contributed by atoms with van der Waals surface area (Å²) in [7, 11) is 3.20. The molecule has 0 bridgehead atoms. The number of aryl methyl sites for hydroxylation is 1. The predicted octanol–water partition coefficient (Wildman–Crippen LogP) is 0.935. The van der Waals surface area contributed by atoms with Crippen molar-refractivity contribution in [3.63, 3.8) is 0 Å². The Morgan fingerprint density at radius 2 is 2.30 bits per heavy atom. The Labute approximate surface area is 115 Å². The summed E-state index contributed by atoms with van der Waals surface area (Å²) >= 11 is 0. The summed E-state index contributed by atoms with van der Waals surface area (Å²) in [6.45, 7) is 0.342. The van der Waals surface area contributed by atoms with E-state index >= 15 is 0 Å². The summed E-state index contributed by atoms with van der Waals surface area (Å²) < 4.78 is 20.1. The number of nitrogens with one attached hydrogen (secondary N) is 1. The number of ether oxygens (including phenoxy) is 1. The molecule has 0 spiro atoms. The summed E-state index contributed by atoms with van der Waals surface area (Å²) in [6, 6.07) is 4.11. The molecule has 0 saturated carbocycles. The van der Waals surface area contributed by atoms with Gasteiger partial charge in [-0.25, -0.2) is 9.37 Å². The van der Waals surface area contributed by atoms with Gasteiger partial charge in [0.2, 0.25) is 0 Å². The van der Waals surface area contributed by atoms with Crippen molar-refractivity contribution in [1.29, 1.82) is 0 Å². The van der Waals surface area contributed by atoms with Gasteiger partial charge < -0.3 is 10.1 Å². The fourth-order valence-electron chi connectivity index (χ4n) is 1.69. The largest absolute Gasteiger partial charge is 0.497 e. The monoisotopic (exact) mass is 278 g/mol. The second-order valence-electron chi connectivity index (χ2n) is 4.19. The highest BCUT2D eigenvalue weighted by atomic mass is 19.1. The lowest BCUT2D eigenvalue weighted by atomic mass is 10.2. The normalized spacial score (nSPS) is 10.3. The second kappa shape index (κ2) is 6.14. The number of carbonyl (C=O) groups is 1. The highest BCUT2D eigenvalue weighted by molar-refractivity contribution is 5.94. The van der Waals surface area contributed by atoms with E-state index in [-0.39, 0.29) is 5.56 Å². The lowest BCUT2D eigenvalue weighted by Gasteiger charge is -2.06.